The zero-order valence-electron chi connectivity index (χ0n) is 11.9. The zero-order valence-corrected chi connectivity index (χ0v) is 11.9. The number of aromatic nitrogens is 3. The van der Waals surface area contributed by atoms with E-state index in [2.05, 4.69) is 15.5 Å². The van der Waals surface area contributed by atoms with Gasteiger partial charge in [-0.1, -0.05) is 0 Å². The molecule has 21 heavy (non-hydrogen) atoms. The first-order valence-corrected chi connectivity index (χ1v) is 7.17. The number of hydrogen-bond acceptors (Lipinski definition) is 4. The molecule has 0 radical (unpaired) electrons. The summed E-state index contributed by atoms with van der Waals surface area (Å²) in [6.07, 6.45) is 5.50. The molecular formula is C14H18N4O3. The molecule has 0 spiro atoms. The van der Waals surface area contributed by atoms with E-state index in [-0.39, 0.29) is 17.6 Å². The zero-order chi connectivity index (χ0) is 14.8. The fourth-order valence-electron chi connectivity index (χ4n) is 2.55. The number of fused-ring (bicyclic) bond motifs is 1. The molecule has 1 atom stereocenters. The lowest BCUT2D eigenvalue weighted by molar-refractivity contribution is 0.0857. The number of nitrogens with zero attached hydrogens (tertiary/aromatic N) is 2. The molecule has 0 unspecified atom stereocenters. The highest BCUT2D eigenvalue weighted by Gasteiger charge is 2.22. The Labute approximate surface area is 121 Å². The van der Waals surface area contributed by atoms with Crippen molar-refractivity contribution in [2.45, 2.75) is 32.4 Å². The molecule has 2 N–H and O–H groups in total. The third-order valence-corrected chi connectivity index (χ3v) is 3.74. The number of carbonyl (C=O) groups excluding carboxylic acids is 1. The standard InChI is InChI=1S/C14H18N4O3/c1-2-18-7-10(12-11(8-18)14(20)17-16-12)13(19)15-6-9-4-3-5-21-9/h7-9H,2-6H2,1H3,(H,15,19)(H,17,20)/t9-/m0/s1. The van der Waals surface area contributed by atoms with Gasteiger partial charge in [0.2, 0.25) is 0 Å². The molecule has 1 amide bonds. The Hall–Kier alpha value is -2.15. The van der Waals surface area contributed by atoms with Crippen molar-refractivity contribution >= 4 is 5.91 Å². The number of pyridine rings is 1. The summed E-state index contributed by atoms with van der Waals surface area (Å²) in [7, 11) is 0. The highest BCUT2D eigenvalue weighted by Crippen LogP contribution is 2.20. The van der Waals surface area contributed by atoms with E-state index in [0.29, 0.717) is 29.9 Å². The minimum atomic E-state index is -0.277. The van der Waals surface area contributed by atoms with Crippen LogP contribution in [0.15, 0.2) is 17.2 Å². The summed E-state index contributed by atoms with van der Waals surface area (Å²) in [4.78, 5) is 24.1. The van der Waals surface area contributed by atoms with E-state index in [9.17, 15) is 9.59 Å². The van der Waals surface area contributed by atoms with Gasteiger partial charge in [-0.2, -0.15) is 5.10 Å². The number of hydrogen-bond donors (Lipinski definition) is 2. The number of aryl methyl sites for hydroxylation is 1. The SMILES string of the molecule is CCn1cc(C(=O)NC[C@@H]2CCCO2)c2n[nH]c(=O)c-2c1. The van der Waals surface area contributed by atoms with Crippen molar-refractivity contribution in [3.8, 4) is 11.3 Å². The molecule has 0 bridgehead atoms. The summed E-state index contributed by atoms with van der Waals surface area (Å²) in [5.41, 5.74) is 0.975. The van der Waals surface area contributed by atoms with E-state index in [1.807, 2.05) is 6.92 Å². The Kier molecular flexibility index (Phi) is 3.74. The fraction of sp³-hybridized carbons (Fsp3) is 0.500. The van der Waals surface area contributed by atoms with E-state index in [1.54, 1.807) is 17.0 Å². The first-order valence-electron chi connectivity index (χ1n) is 7.17. The molecule has 7 heteroatoms. The second-order valence-corrected chi connectivity index (χ2v) is 5.16. The van der Waals surface area contributed by atoms with Gasteiger partial charge in [0.25, 0.3) is 11.5 Å². The number of carbonyl (C=O) groups is 1. The maximum absolute atomic E-state index is 12.4. The summed E-state index contributed by atoms with van der Waals surface area (Å²) in [5, 5.41) is 9.21. The lowest BCUT2D eigenvalue weighted by Crippen LogP contribution is -2.32. The van der Waals surface area contributed by atoms with Gasteiger partial charge in [0.15, 0.2) is 0 Å². The normalized spacial score (nSPS) is 18.2. The molecule has 1 fully saturated rings. The number of ether oxygens (including phenoxy) is 1. The van der Waals surface area contributed by atoms with E-state index in [4.69, 9.17) is 4.74 Å². The summed E-state index contributed by atoms with van der Waals surface area (Å²) in [5.74, 6) is -0.232. The van der Waals surface area contributed by atoms with E-state index in [0.717, 1.165) is 19.4 Å². The lowest BCUT2D eigenvalue weighted by atomic mass is 10.1. The predicted octanol–water partition coefficient (Wildman–Crippen LogP) is 0.605. The molecule has 3 heterocycles. The average Bonchev–Trinajstić information content (AvgIpc) is 3.14. The van der Waals surface area contributed by atoms with Crippen molar-refractivity contribution < 1.29 is 9.53 Å². The second kappa shape index (κ2) is 5.69. The van der Waals surface area contributed by atoms with Crippen molar-refractivity contribution in [1.29, 1.82) is 0 Å². The van der Waals surface area contributed by atoms with E-state index < -0.39 is 0 Å². The molecular weight excluding hydrogens is 272 g/mol. The molecule has 0 aromatic rings. The smallest absolute Gasteiger partial charge is 0.275 e. The van der Waals surface area contributed by atoms with Crippen LogP contribution in [0.5, 0.6) is 0 Å². The molecule has 3 aliphatic heterocycles. The summed E-state index contributed by atoms with van der Waals surface area (Å²) >= 11 is 0. The lowest BCUT2D eigenvalue weighted by Gasteiger charge is -2.13. The van der Waals surface area contributed by atoms with Crippen LogP contribution in [0, 0.1) is 0 Å². The number of rotatable bonds is 4. The highest BCUT2D eigenvalue weighted by molar-refractivity contribution is 5.99. The minimum Gasteiger partial charge on any atom is -0.376 e. The summed E-state index contributed by atoms with van der Waals surface area (Å²) in [6.45, 7) is 3.86. The maximum atomic E-state index is 12.4. The Morgan fingerprint density at radius 1 is 1.57 bits per heavy atom. The van der Waals surface area contributed by atoms with Crippen LogP contribution in [0.2, 0.25) is 0 Å². The third-order valence-electron chi connectivity index (χ3n) is 3.74. The van der Waals surface area contributed by atoms with Crippen molar-refractivity contribution in [1.82, 2.24) is 20.1 Å². The monoisotopic (exact) mass is 290 g/mol. The van der Waals surface area contributed by atoms with Crippen LogP contribution in [0.4, 0.5) is 0 Å². The van der Waals surface area contributed by atoms with Gasteiger partial charge in [-0.15, -0.1) is 0 Å². The largest absolute Gasteiger partial charge is 0.376 e. The molecule has 112 valence electrons. The van der Waals surface area contributed by atoms with E-state index >= 15 is 0 Å². The third kappa shape index (κ3) is 2.69. The first kappa shape index (κ1) is 13.8. The Bertz CT molecular complexity index is 669. The molecule has 1 saturated heterocycles. The van der Waals surface area contributed by atoms with Crippen molar-refractivity contribution in [3.63, 3.8) is 0 Å². The molecule has 7 nitrogen and oxygen atoms in total. The van der Waals surface area contributed by atoms with Gasteiger partial charge >= 0.3 is 0 Å². The van der Waals surface area contributed by atoms with E-state index in [1.165, 1.54) is 0 Å². The van der Waals surface area contributed by atoms with Gasteiger partial charge in [0, 0.05) is 32.1 Å². The molecule has 0 aromatic carbocycles. The van der Waals surface area contributed by atoms with Crippen LogP contribution in [0.1, 0.15) is 30.1 Å². The number of aromatic amines is 1. The molecule has 3 aliphatic rings. The van der Waals surface area contributed by atoms with Gasteiger partial charge in [-0.05, 0) is 19.8 Å². The maximum Gasteiger partial charge on any atom is 0.275 e. The molecule has 0 saturated carbocycles. The second-order valence-electron chi connectivity index (χ2n) is 5.16. The number of amides is 1. The van der Waals surface area contributed by atoms with Gasteiger partial charge < -0.3 is 14.6 Å². The van der Waals surface area contributed by atoms with Crippen LogP contribution in [0.3, 0.4) is 0 Å². The Balaban J connectivity index is 1.84. The van der Waals surface area contributed by atoms with Crippen LogP contribution in [0.25, 0.3) is 11.3 Å². The summed E-state index contributed by atoms with van der Waals surface area (Å²) in [6, 6.07) is 0. The van der Waals surface area contributed by atoms with Crippen LogP contribution >= 0.6 is 0 Å². The predicted molar refractivity (Wildman–Crippen MR) is 76.5 cm³/mol. The number of H-pyrrole nitrogens is 1. The highest BCUT2D eigenvalue weighted by atomic mass is 16.5. The topological polar surface area (TPSA) is 89.0 Å². The first-order chi connectivity index (χ1) is 10.2. The van der Waals surface area contributed by atoms with Gasteiger partial charge in [-0.3, -0.25) is 9.59 Å². The van der Waals surface area contributed by atoms with Crippen LogP contribution in [-0.4, -0.2) is 39.9 Å². The van der Waals surface area contributed by atoms with Crippen LogP contribution in [-0.2, 0) is 11.3 Å². The van der Waals surface area contributed by atoms with Crippen molar-refractivity contribution in [3.05, 3.63) is 28.3 Å². The molecule has 3 rings (SSSR count). The number of nitrogens with one attached hydrogen (secondary N) is 2. The quantitative estimate of drug-likeness (QED) is 0.863. The van der Waals surface area contributed by atoms with Gasteiger partial charge in [0.1, 0.15) is 5.69 Å². The Morgan fingerprint density at radius 3 is 3.14 bits per heavy atom. The minimum absolute atomic E-state index is 0.0840. The van der Waals surface area contributed by atoms with Crippen molar-refractivity contribution in [2.75, 3.05) is 13.2 Å². The van der Waals surface area contributed by atoms with Crippen LogP contribution < -0.4 is 10.9 Å². The molecule has 0 aliphatic carbocycles. The summed E-state index contributed by atoms with van der Waals surface area (Å²) < 4.78 is 7.29. The Morgan fingerprint density at radius 2 is 2.43 bits per heavy atom. The average molecular weight is 290 g/mol. The fourth-order valence-corrected chi connectivity index (χ4v) is 2.55. The van der Waals surface area contributed by atoms with Crippen molar-refractivity contribution in [2.24, 2.45) is 0 Å². The van der Waals surface area contributed by atoms with Gasteiger partial charge in [-0.25, -0.2) is 5.10 Å². The molecule has 0 aromatic heterocycles. The van der Waals surface area contributed by atoms with Gasteiger partial charge in [0.05, 0.1) is 17.2 Å².